The van der Waals surface area contributed by atoms with Crippen LogP contribution in [0.1, 0.15) is 53.5 Å². The van der Waals surface area contributed by atoms with E-state index in [0.29, 0.717) is 17.7 Å². The van der Waals surface area contributed by atoms with Crippen LogP contribution in [-0.2, 0) is 6.42 Å². The Hall–Kier alpha value is -1.92. The molecule has 28 heavy (non-hydrogen) atoms. The minimum absolute atomic E-state index is 0. The van der Waals surface area contributed by atoms with Gasteiger partial charge in [-0.2, -0.15) is 0 Å². The highest BCUT2D eigenvalue weighted by Gasteiger charge is 2.28. The molecule has 0 radical (unpaired) electrons. The molecule has 0 bridgehead atoms. The molecule has 4 rings (SSSR count). The van der Waals surface area contributed by atoms with Gasteiger partial charge in [-0.05, 0) is 63.6 Å². The molecule has 2 aliphatic heterocycles. The number of carbonyl (C=O) groups excluding carboxylic acids is 1. The number of likely N-dealkylation sites (tertiary alicyclic amines) is 1. The number of halogens is 1. The summed E-state index contributed by atoms with van der Waals surface area (Å²) in [5.74, 6) is 0.703. The standard InChI is InChI=1S/C21H29N5O.ClH/c1-16-20(23-24-26(16)19-7-11-22-12-8-19)21(27)25-13-9-18(10-14-25)15-17-5-3-2-4-6-17;/h2-6,18-19,22H,7-15H2,1H3;1H. The average Bonchev–Trinajstić information content (AvgIpc) is 3.11. The van der Waals surface area contributed by atoms with Gasteiger partial charge < -0.3 is 10.2 Å². The lowest BCUT2D eigenvalue weighted by molar-refractivity contribution is 0.0683. The lowest BCUT2D eigenvalue weighted by Gasteiger charge is -2.31. The molecule has 1 aromatic heterocycles. The predicted octanol–water partition coefficient (Wildman–Crippen LogP) is 3.03. The Morgan fingerprint density at radius 1 is 1.11 bits per heavy atom. The number of amides is 1. The van der Waals surface area contributed by atoms with E-state index in [-0.39, 0.29) is 18.3 Å². The lowest BCUT2D eigenvalue weighted by Crippen LogP contribution is -2.39. The monoisotopic (exact) mass is 403 g/mol. The fourth-order valence-corrected chi connectivity index (χ4v) is 4.37. The summed E-state index contributed by atoms with van der Waals surface area (Å²) >= 11 is 0. The number of rotatable bonds is 4. The summed E-state index contributed by atoms with van der Waals surface area (Å²) < 4.78 is 1.97. The number of nitrogens with zero attached hydrogens (tertiary/aromatic N) is 4. The van der Waals surface area contributed by atoms with Crippen LogP contribution in [0.15, 0.2) is 30.3 Å². The number of hydrogen-bond donors (Lipinski definition) is 1. The predicted molar refractivity (Wildman–Crippen MR) is 112 cm³/mol. The molecule has 0 saturated carbocycles. The quantitative estimate of drug-likeness (QED) is 0.852. The first-order valence-corrected chi connectivity index (χ1v) is 10.2. The maximum Gasteiger partial charge on any atom is 0.276 e. The van der Waals surface area contributed by atoms with Gasteiger partial charge in [-0.3, -0.25) is 4.79 Å². The minimum atomic E-state index is 0. The summed E-state index contributed by atoms with van der Waals surface area (Å²) in [4.78, 5) is 14.9. The third-order valence-electron chi connectivity index (χ3n) is 6.05. The normalized spacial score (nSPS) is 18.7. The Morgan fingerprint density at radius 2 is 1.79 bits per heavy atom. The second kappa shape index (κ2) is 9.52. The Balaban J connectivity index is 0.00000225. The van der Waals surface area contributed by atoms with Crippen molar-refractivity contribution < 1.29 is 4.79 Å². The van der Waals surface area contributed by atoms with E-state index in [9.17, 15) is 4.79 Å². The lowest BCUT2D eigenvalue weighted by atomic mass is 9.90. The summed E-state index contributed by atoms with van der Waals surface area (Å²) in [7, 11) is 0. The fraction of sp³-hybridized carbons (Fsp3) is 0.571. The second-order valence-corrected chi connectivity index (χ2v) is 7.87. The van der Waals surface area contributed by atoms with E-state index in [0.717, 1.165) is 64.0 Å². The molecule has 0 unspecified atom stereocenters. The number of nitrogens with one attached hydrogen (secondary N) is 1. The average molecular weight is 404 g/mol. The molecule has 1 aromatic carbocycles. The van der Waals surface area contributed by atoms with Crippen LogP contribution in [0.25, 0.3) is 0 Å². The highest BCUT2D eigenvalue weighted by Crippen LogP contribution is 2.24. The smallest absolute Gasteiger partial charge is 0.276 e. The molecule has 2 saturated heterocycles. The maximum atomic E-state index is 13.0. The molecule has 0 aliphatic carbocycles. The van der Waals surface area contributed by atoms with Crippen LogP contribution < -0.4 is 5.32 Å². The number of aromatic nitrogens is 3. The van der Waals surface area contributed by atoms with Crippen LogP contribution in [0.3, 0.4) is 0 Å². The SMILES string of the molecule is Cc1c(C(=O)N2CCC(Cc3ccccc3)CC2)nnn1C1CCNCC1.Cl. The van der Waals surface area contributed by atoms with Crippen LogP contribution in [-0.4, -0.2) is 52.0 Å². The zero-order valence-electron chi connectivity index (χ0n) is 16.5. The number of piperidine rings is 2. The van der Waals surface area contributed by atoms with Gasteiger partial charge in [-0.1, -0.05) is 35.5 Å². The second-order valence-electron chi connectivity index (χ2n) is 7.87. The summed E-state index contributed by atoms with van der Waals surface area (Å²) in [6, 6.07) is 11.0. The molecular weight excluding hydrogens is 374 g/mol. The first kappa shape index (κ1) is 20.8. The van der Waals surface area contributed by atoms with Crippen molar-refractivity contribution in [2.45, 2.75) is 45.1 Å². The van der Waals surface area contributed by atoms with E-state index < -0.39 is 0 Å². The highest BCUT2D eigenvalue weighted by molar-refractivity contribution is 5.93. The van der Waals surface area contributed by atoms with Crippen molar-refractivity contribution >= 4 is 18.3 Å². The molecule has 0 atom stereocenters. The van der Waals surface area contributed by atoms with Crippen molar-refractivity contribution in [2.24, 2.45) is 5.92 Å². The van der Waals surface area contributed by atoms with Gasteiger partial charge in [-0.25, -0.2) is 4.68 Å². The van der Waals surface area contributed by atoms with Crippen LogP contribution in [0.5, 0.6) is 0 Å². The fourth-order valence-electron chi connectivity index (χ4n) is 4.37. The third-order valence-corrected chi connectivity index (χ3v) is 6.05. The Bertz CT molecular complexity index is 764. The van der Waals surface area contributed by atoms with E-state index in [2.05, 4.69) is 46.0 Å². The van der Waals surface area contributed by atoms with Crippen LogP contribution >= 0.6 is 12.4 Å². The zero-order chi connectivity index (χ0) is 18.6. The van der Waals surface area contributed by atoms with E-state index in [4.69, 9.17) is 0 Å². The van der Waals surface area contributed by atoms with Crippen molar-refractivity contribution in [3.8, 4) is 0 Å². The van der Waals surface area contributed by atoms with Gasteiger partial charge in [0.05, 0.1) is 11.7 Å². The first-order chi connectivity index (χ1) is 13.2. The number of benzene rings is 1. The van der Waals surface area contributed by atoms with E-state index in [1.54, 1.807) is 0 Å². The zero-order valence-corrected chi connectivity index (χ0v) is 17.3. The van der Waals surface area contributed by atoms with E-state index >= 15 is 0 Å². The summed E-state index contributed by atoms with van der Waals surface area (Å²) in [5, 5.41) is 11.9. The molecule has 1 N–H and O–H groups in total. The van der Waals surface area contributed by atoms with Crippen molar-refractivity contribution in [1.29, 1.82) is 0 Å². The van der Waals surface area contributed by atoms with E-state index in [1.165, 1.54) is 5.56 Å². The van der Waals surface area contributed by atoms with Gasteiger partial charge >= 0.3 is 0 Å². The van der Waals surface area contributed by atoms with Gasteiger partial charge in [0.1, 0.15) is 0 Å². The molecule has 0 spiro atoms. The molecule has 6 nitrogen and oxygen atoms in total. The topological polar surface area (TPSA) is 63.1 Å². The Morgan fingerprint density at radius 3 is 2.46 bits per heavy atom. The summed E-state index contributed by atoms with van der Waals surface area (Å²) in [5.41, 5.74) is 2.84. The summed E-state index contributed by atoms with van der Waals surface area (Å²) in [6.45, 7) is 5.62. The number of hydrogen-bond acceptors (Lipinski definition) is 4. The molecular formula is C21H30ClN5O. The van der Waals surface area contributed by atoms with Crippen LogP contribution in [0.4, 0.5) is 0 Å². The molecule has 152 valence electrons. The largest absolute Gasteiger partial charge is 0.337 e. The van der Waals surface area contributed by atoms with Crippen molar-refractivity contribution in [3.05, 3.63) is 47.3 Å². The van der Waals surface area contributed by atoms with Gasteiger partial charge in [0, 0.05) is 13.1 Å². The van der Waals surface area contributed by atoms with E-state index in [1.807, 2.05) is 16.5 Å². The minimum Gasteiger partial charge on any atom is -0.337 e. The number of carbonyl (C=O) groups is 1. The van der Waals surface area contributed by atoms with Gasteiger partial charge in [0.25, 0.3) is 5.91 Å². The van der Waals surface area contributed by atoms with Crippen LogP contribution in [0, 0.1) is 12.8 Å². The summed E-state index contributed by atoms with van der Waals surface area (Å²) in [6.07, 6.45) is 5.31. The van der Waals surface area contributed by atoms with Crippen molar-refractivity contribution in [3.63, 3.8) is 0 Å². The molecule has 2 aromatic rings. The molecule has 2 fully saturated rings. The molecule has 2 aliphatic rings. The van der Waals surface area contributed by atoms with Gasteiger partial charge in [0.2, 0.25) is 0 Å². The highest BCUT2D eigenvalue weighted by atomic mass is 35.5. The van der Waals surface area contributed by atoms with Crippen molar-refractivity contribution in [2.75, 3.05) is 26.2 Å². The molecule has 1 amide bonds. The Labute approximate surface area is 173 Å². The van der Waals surface area contributed by atoms with Gasteiger partial charge in [0.15, 0.2) is 5.69 Å². The third kappa shape index (κ3) is 4.55. The van der Waals surface area contributed by atoms with Gasteiger partial charge in [-0.15, -0.1) is 17.5 Å². The van der Waals surface area contributed by atoms with Crippen LogP contribution in [0.2, 0.25) is 0 Å². The molecule has 3 heterocycles. The van der Waals surface area contributed by atoms with Crippen molar-refractivity contribution in [1.82, 2.24) is 25.2 Å². The Kier molecular flexibility index (Phi) is 7.08. The molecule has 7 heteroatoms. The maximum absolute atomic E-state index is 13.0. The first-order valence-electron chi connectivity index (χ1n) is 10.2.